The van der Waals surface area contributed by atoms with Crippen molar-refractivity contribution in [3.8, 4) is 0 Å². The van der Waals surface area contributed by atoms with Crippen LogP contribution >= 0.6 is 11.3 Å². The predicted octanol–water partition coefficient (Wildman–Crippen LogP) is 2.51. The van der Waals surface area contributed by atoms with E-state index in [0.717, 1.165) is 18.8 Å². The fourth-order valence-electron chi connectivity index (χ4n) is 3.30. The molecule has 2 unspecified atom stereocenters. The standard InChI is InChI=1S/C14H20N2O2S/c1-10-7-15-5-3-2-4-11(15)8-16(10)12-6-13(14(17)18)19-9-12/h6,9-11H,2-5,7-8H2,1H3,(H,17,18). The number of thiophene rings is 1. The van der Waals surface area contributed by atoms with E-state index in [2.05, 4.69) is 16.7 Å². The molecule has 0 amide bonds. The summed E-state index contributed by atoms with van der Waals surface area (Å²) in [5, 5.41) is 11.0. The number of carboxylic acid groups (broad SMARTS) is 1. The molecule has 19 heavy (non-hydrogen) atoms. The number of carbonyl (C=O) groups is 1. The van der Waals surface area contributed by atoms with E-state index in [0.29, 0.717) is 17.0 Å². The topological polar surface area (TPSA) is 43.8 Å². The Bertz CT molecular complexity index is 474. The number of aromatic carboxylic acids is 1. The molecule has 4 nitrogen and oxygen atoms in total. The predicted molar refractivity (Wildman–Crippen MR) is 77.3 cm³/mol. The molecule has 2 atom stereocenters. The Labute approximate surface area is 117 Å². The number of hydrogen-bond acceptors (Lipinski definition) is 4. The van der Waals surface area contributed by atoms with Gasteiger partial charge in [-0.05, 0) is 32.4 Å². The van der Waals surface area contributed by atoms with Crippen molar-refractivity contribution in [1.82, 2.24) is 4.90 Å². The fraction of sp³-hybridized carbons (Fsp3) is 0.643. The van der Waals surface area contributed by atoms with Gasteiger partial charge in [0.2, 0.25) is 0 Å². The van der Waals surface area contributed by atoms with Crippen LogP contribution in [0.1, 0.15) is 35.9 Å². The van der Waals surface area contributed by atoms with E-state index in [4.69, 9.17) is 5.11 Å². The lowest BCUT2D eigenvalue weighted by atomic mass is 9.97. The van der Waals surface area contributed by atoms with Crippen molar-refractivity contribution in [3.63, 3.8) is 0 Å². The summed E-state index contributed by atoms with van der Waals surface area (Å²) in [5.74, 6) is -0.819. The Morgan fingerprint density at radius 3 is 3.00 bits per heavy atom. The van der Waals surface area contributed by atoms with Gasteiger partial charge in [0.05, 0.1) is 0 Å². The van der Waals surface area contributed by atoms with E-state index < -0.39 is 5.97 Å². The first-order valence-corrected chi connectivity index (χ1v) is 7.85. The first-order chi connectivity index (χ1) is 9.15. The highest BCUT2D eigenvalue weighted by Gasteiger charge is 2.33. The van der Waals surface area contributed by atoms with Gasteiger partial charge in [0, 0.05) is 36.2 Å². The number of anilines is 1. The van der Waals surface area contributed by atoms with Gasteiger partial charge in [-0.15, -0.1) is 11.3 Å². The second-order valence-corrected chi connectivity index (χ2v) is 6.53. The van der Waals surface area contributed by atoms with Gasteiger partial charge in [-0.1, -0.05) is 6.42 Å². The molecule has 1 aromatic rings. The van der Waals surface area contributed by atoms with Crippen LogP contribution in [-0.4, -0.2) is 47.7 Å². The van der Waals surface area contributed by atoms with E-state index >= 15 is 0 Å². The van der Waals surface area contributed by atoms with Crippen LogP contribution in [0.2, 0.25) is 0 Å². The summed E-state index contributed by atoms with van der Waals surface area (Å²) in [4.78, 5) is 16.4. The molecule has 0 bridgehead atoms. The summed E-state index contributed by atoms with van der Waals surface area (Å²) in [5.41, 5.74) is 1.08. The molecule has 2 saturated heterocycles. The molecule has 2 fully saturated rings. The molecule has 0 aliphatic carbocycles. The molecule has 2 aliphatic rings. The molecule has 2 aliphatic heterocycles. The fourth-order valence-corrected chi connectivity index (χ4v) is 4.04. The van der Waals surface area contributed by atoms with Crippen LogP contribution in [0.3, 0.4) is 0 Å². The number of rotatable bonds is 2. The van der Waals surface area contributed by atoms with E-state index in [-0.39, 0.29) is 0 Å². The van der Waals surface area contributed by atoms with Gasteiger partial charge in [-0.3, -0.25) is 4.90 Å². The highest BCUT2D eigenvalue weighted by Crippen LogP contribution is 2.30. The minimum absolute atomic E-state index is 0.438. The van der Waals surface area contributed by atoms with Crippen LogP contribution in [0.5, 0.6) is 0 Å². The summed E-state index contributed by atoms with van der Waals surface area (Å²) >= 11 is 1.33. The summed E-state index contributed by atoms with van der Waals surface area (Å²) in [6.07, 6.45) is 3.93. The third kappa shape index (κ3) is 2.49. The first-order valence-electron chi connectivity index (χ1n) is 6.97. The third-order valence-electron chi connectivity index (χ3n) is 4.32. The normalized spacial score (nSPS) is 28.2. The van der Waals surface area contributed by atoms with Crippen LogP contribution < -0.4 is 4.90 Å². The average Bonchev–Trinajstić information content (AvgIpc) is 2.87. The Kier molecular flexibility index (Phi) is 3.50. The Morgan fingerprint density at radius 2 is 2.26 bits per heavy atom. The second kappa shape index (κ2) is 5.13. The maximum atomic E-state index is 11.0. The SMILES string of the molecule is CC1CN2CCCCC2CN1c1csc(C(=O)O)c1. The zero-order chi connectivity index (χ0) is 13.4. The maximum Gasteiger partial charge on any atom is 0.345 e. The molecular weight excluding hydrogens is 260 g/mol. The van der Waals surface area contributed by atoms with E-state index in [1.807, 2.05) is 11.4 Å². The highest BCUT2D eigenvalue weighted by atomic mass is 32.1. The number of carboxylic acids is 1. The molecule has 3 rings (SSSR count). The molecule has 104 valence electrons. The molecule has 5 heteroatoms. The molecule has 0 spiro atoms. The quantitative estimate of drug-likeness (QED) is 0.904. The number of fused-ring (bicyclic) bond motifs is 1. The number of nitrogens with zero attached hydrogens (tertiary/aromatic N) is 2. The van der Waals surface area contributed by atoms with Crippen molar-refractivity contribution >= 4 is 23.0 Å². The lowest BCUT2D eigenvalue weighted by molar-refractivity contribution is 0.0702. The number of hydrogen-bond donors (Lipinski definition) is 1. The van der Waals surface area contributed by atoms with Gasteiger partial charge in [-0.25, -0.2) is 4.79 Å². The average molecular weight is 280 g/mol. The lowest BCUT2D eigenvalue weighted by Crippen LogP contribution is -2.58. The van der Waals surface area contributed by atoms with Crippen LogP contribution in [0.15, 0.2) is 11.4 Å². The van der Waals surface area contributed by atoms with Gasteiger partial charge >= 0.3 is 5.97 Å². The van der Waals surface area contributed by atoms with E-state index in [9.17, 15) is 4.79 Å². The molecule has 1 N–H and O–H groups in total. The highest BCUT2D eigenvalue weighted by molar-refractivity contribution is 7.12. The molecular formula is C14H20N2O2S. The molecule has 0 saturated carbocycles. The summed E-state index contributed by atoms with van der Waals surface area (Å²) in [6.45, 7) is 5.61. The third-order valence-corrected chi connectivity index (χ3v) is 5.22. The van der Waals surface area contributed by atoms with Crippen LogP contribution in [0.4, 0.5) is 5.69 Å². The Hall–Kier alpha value is -1.07. The molecule has 1 aromatic heterocycles. The summed E-state index contributed by atoms with van der Waals surface area (Å²) in [6, 6.07) is 2.94. The van der Waals surface area contributed by atoms with Crippen molar-refractivity contribution in [2.45, 2.75) is 38.3 Å². The van der Waals surface area contributed by atoms with Gasteiger partial charge in [0.1, 0.15) is 4.88 Å². The van der Waals surface area contributed by atoms with Crippen molar-refractivity contribution in [2.75, 3.05) is 24.5 Å². The van der Waals surface area contributed by atoms with Crippen molar-refractivity contribution in [2.24, 2.45) is 0 Å². The van der Waals surface area contributed by atoms with E-state index in [1.165, 1.54) is 37.1 Å². The Balaban J connectivity index is 1.77. The summed E-state index contributed by atoms with van der Waals surface area (Å²) in [7, 11) is 0. The Morgan fingerprint density at radius 1 is 1.42 bits per heavy atom. The van der Waals surface area contributed by atoms with Gasteiger partial charge in [0.15, 0.2) is 0 Å². The van der Waals surface area contributed by atoms with Gasteiger partial charge < -0.3 is 10.0 Å². The van der Waals surface area contributed by atoms with Gasteiger partial charge in [0.25, 0.3) is 0 Å². The molecule has 0 radical (unpaired) electrons. The van der Waals surface area contributed by atoms with Gasteiger partial charge in [-0.2, -0.15) is 0 Å². The number of piperidine rings is 1. The minimum atomic E-state index is -0.819. The largest absolute Gasteiger partial charge is 0.477 e. The maximum absolute atomic E-state index is 11.0. The second-order valence-electron chi connectivity index (χ2n) is 5.62. The van der Waals surface area contributed by atoms with E-state index in [1.54, 1.807) is 0 Å². The van der Waals surface area contributed by atoms with Crippen LogP contribution in [0, 0.1) is 0 Å². The zero-order valence-corrected chi connectivity index (χ0v) is 12.0. The lowest BCUT2D eigenvalue weighted by Gasteiger charge is -2.48. The van der Waals surface area contributed by atoms with Crippen LogP contribution in [0.25, 0.3) is 0 Å². The van der Waals surface area contributed by atoms with Crippen LogP contribution in [-0.2, 0) is 0 Å². The molecule has 0 aromatic carbocycles. The van der Waals surface area contributed by atoms with Crippen molar-refractivity contribution < 1.29 is 9.90 Å². The zero-order valence-electron chi connectivity index (χ0n) is 11.2. The summed E-state index contributed by atoms with van der Waals surface area (Å²) < 4.78 is 0. The minimum Gasteiger partial charge on any atom is -0.477 e. The smallest absolute Gasteiger partial charge is 0.345 e. The first kappa shape index (κ1) is 12.9. The van der Waals surface area contributed by atoms with Crippen molar-refractivity contribution in [3.05, 3.63) is 16.3 Å². The van der Waals surface area contributed by atoms with Crippen molar-refractivity contribution in [1.29, 1.82) is 0 Å². The number of piperazine rings is 1. The molecule has 3 heterocycles. The monoisotopic (exact) mass is 280 g/mol.